The predicted molar refractivity (Wildman–Crippen MR) is 187 cm³/mol. The number of carbonyl (C=O) groups excluding carboxylic acids is 1. The normalized spacial score (nSPS) is 12.1. The molecule has 2 N–H and O–H groups in total. The Labute approximate surface area is 275 Å². The van der Waals surface area contributed by atoms with Crippen LogP contribution in [0.5, 0.6) is 5.75 Å². The molecule has 4 aromatic carbocycles. The number of nitrogens with zero attached hydrogens (tertiary/aromatic N) is 4. The van der Waals surface area contributed by atoms with Crippen molar-refractivity contribution in [2.45, 2.75) is 45.3 Å². The summed E-state index contributed by atoms with van der Waals surface area (Å²) >= 11 is 6.02. The van der Waals surface area contributed by atoms with Crippen molar-refractivity contribution >= 4 is 39.7 Å². The SMILES string of the molecule is CCC(C)(CN(Cc1cccc2ccccc12)C(=S)Nc1ccccc1OC)NC(=O)Cc1cncn1Cc1ccc(C#N)cc1. The summed E-state index contributed by atoms with van der Waals surface area (Å²) < 4.78 is 7.53. The number of benzene rings is 4. The summed E-state index contributed by atoms with van der Waals surface area (Å²) in [6, 6.07) is 31.9. The Morgan fingerprint density at radius 3 is 2.54 bits per heavy atom. The number of nitriles is 1. The monoisotopic (exact) mass is 630 g/mol. The van der Waals surface area contributed by atoms with Gasteiger partial charge in [0.1, 0.15) is 5.75 Å². The molecular weight excluding hydrogens is 593 g/mol. The third-order valence-electron chi connectivity index (χ3n) is 8.21. The first kappa shape index (κ1) is 32.2. The highest BCUT2D eigenvalue weighted by Crippen LogP contribution is 2.26. The van der Waals surface area contributed by atoms with E-state index in [1.165, 1.54) is 0 Å². The zero-order chi connectivity index (χ0) is 32.5. The van der Waals surface area contributed by atoms with Crippen LogP contribution in [-0.4, -0.2) is 44.7 Å². The number of imidazole rings is 1. The highest BCUT2D eigenvalue weighted by molar-refractivity contribution is 7.80. The van der Waals surface area contributed by atoms with Gasteiger partial charge in [-0.25, -0.2) is 4.98 Å². The lowest BCUT2D eigenvalue weighted by atomic mass is 9.96. The lowest BCUT2D eigenvalue weighted by Gasteiger charge is -2.37. The van der Waals surface area contributed by atoms with E-state index in [-0.39, 0.29) is 12.3 Å². The second-order valence-corrected chi connectivity index (χ2v) is 12.0. The number of amides is 1. The number of thiocarbonyl (C=S) groups is 1. The molecule has 46 heavy (non-hydrogen) atoms. The molecule has 0 saturated heterocycles. The van der Waals surface area contributed by atoms with Crippen molar-refractivity contribution in [2.75, 3.05) is 19.0 Å². The molecule has 5 aromatic rings. The van der Waals surface area contributed by atoms with E-state index in [1.54, 1.807) is 31.8 Å². The number of methoxy groups -OCH3 is 1. The second-order valence-electron chi connectivity index (χ2n) is 11.6. The number of anilines is 1. The molecule has 234 valence electrons. The Bertz CT molecular complexity index is 1860. The Morgan fingerprint density at radius 1 is 1.04 bits per heavy atom. The van der Waals surface area contributed by atoms with Crippen LogP contribution in [0.15, 0.2) is 104 Å². The van der Waals surface area contributed by atoms with E-state index in [9.17, 15) is 4.79 Å². The van der Waals surface area contributed by atoms with Crippen molar-refractivity contribution in [3.63, 3.8) is 0 Å². The van der Waals surface area contributed by atoms with Gasteiger partial charge in [-0.05, 0) is 71.7 Å². The average molecular weight is 631 g/mol. The van der Waals surface area contributed by atoms with Crippen molar-refractivity contribution in [1.82, 2.24) is 19.8 Å². The first-order chi connectivity index (χ1) is 22.3. The molecule has 0 spiro atoms. The zero-order valence-electron chi connectivity index (χ0n) is 26.4. The number of fused-ring (bicyclic) bond motifs is 1. The van der Waals surface area contributed by atoms with Gasteiger partial charge in [0.25, 0.3) is 0 Å². The summed E-state index contributed by atoms with van der Waals surface area (Å²) in [5, 5.41) is 18.7. The lowest BCUT2D eigenvalue weighted by Crippen LogP contribution is -2.55. The van der Waals surface area contributed by atoms with E-state index in [4.69, 9.17) is 22.2 Å². The number of ether oxygens (including phenoxy) is 1. The summed E-state index contributed by atoms with van der Waals surface area (Å²) in [6.45, 7) is 5.71. The molecule has 0 aliphatic heterocycles. The maximum atomic E-state index is 13.6. The maximum Gasteiger partial charge on any atom is 0.226 e. The molecule has 1 unspecified atom stereocenters. The van der Waals surface area contributed by atoms with Gasteiger partial charge in [-0.15, -0.1) is 0 Å². The van der Waals surface area contributed by atoms with Crippen LogP contribution in [0.2, 0.25) is 0 Å². The molecule has 1 aromatic heterocycles. The Morgan fingerprint density at radius 2 is 1.78 bits per heavy atom. The van der Waals surface area contributed by atoms with Crippen molar-refractivity contribution in [1.29, 1.82) is 5.26 Å². The van der Waals surface area contributed by atoms with Gasteiger partial charge in [0.15, 0.2) is 5.11 Å². The quantitative estimate of drug-likeness (QED) is 0.148. The van der Waals surface area contributed by atoms with E-state index >= 15 is 0 Å². The molecule has 8 nitrogen and oxygen atoms in total. The zero-order valence-corrected chi connectivity index (χ0v) is 27.2. The molecule has 5 rings (SSSR count). The summed E-state index contributed by atoms with van der Waals surface area (Å²) in [5.74, 6) is 0.596. The molecule has 1 amide bonds. The van der Waals surface area contributed by atoms with Crippen LogP contribution in [0.3, 0.4) is 0 Å². The molecule has 0 radical (unpaired) electrons. The third-order valence-corrected chi connectivity index (χ3v) is 8.57. The van der Waals surface area contributed by atoms with E-state index < -0.39 is 5.54 Å². The van der Waals surface area contributed by atoms with Crippen molar-refractivity contribution in [3.8, 4) is 11.8 Å². The van der Waals surface area contributed by atoms with Crippen LogP contribution in [0, 0.1) is 11.3 Å². The van der Waals surface area contributed by atoms with Gasteiger partial charge >= 0.3 is 0 Å². The topological polar surface area (TPSA) is 95.2 Å². The van der Waals surface area contributed by atoms with Crippen molar-refractivity contribution in [2.24, 2.45) is 0 Å². The second kappa shape index (κ2) is 14.7. The fraction of sp³-hybridized carbons (Fsp3) is 0.243. The van der Waals surface area contributed by atoms with Crippen molar-refractivity contribution in [3.05, 3.63) is 126 Å². The Kier molecular flexibility index (Phi) is 10.3. The highest BCUT2D eigenvalue weighted by atomic mass is 32.1. The van der Waals surface area contributed by atoms with Crippen molar-refractivity contribution < 1.29 is 9.53 Å². The minimum Gasteiger partial charge on any atom is -0.495 e. The molecule has 0 aliphatic carbocycles. The lowest BCUT2D eigenvalue weighted by molar-refractivity contribution is -0.122. The van der Waals surface area contributed by atoms with Gasteiger partial charge in [0.2, 0.25) is 5.91 Å². The molecule has 0 bridgehead atoms. The third kappa shape index (κ3) is 7.89. The largest absolute Gasteiger partial charge is 0.495 e. The minimum absolute atomic E-state index is 0.0976. The van der Waals surface area contributed by atoms with Crippen LogP contribution >= 0.6 is 12.2 Å². The first-order valence-corrected chi connectivity index (χ1v) is 15.7. The standard InChI is InChI=1S/C37H38N6O2S/c1-4-37(2,41-35(44)20-31-22-39-26-43(31)23-28-18-16-27(21-38)17-19-28)25-42(36(46)40-33-14-7-8-15-34(33)45-3)24-30-12-9-11-29-10-5-6-13-32(29)30/h5-19,22,26H,4,20,23-25H2,1-3H3,(H,40,46)(H,41,44). The van der Waals surface area contributed by atoms with E-state index in [1.807, 2.05) is 53.1 Å². The molecule has 0 saturated carbocycles. The summed E-state index contributed by atoms with van der Waals surface area (Å²) in [7, 11) is 1.64. The van der Waals surface area contributed by atoms with E-state index in [0.717, 1.165) is 33.3 Å². The van der Waals surface area contributed by atoms with E-state index in [0.29, 0.717) is 42.5 Å². The number of carbonyl (C=O) groups is 1. The molecule has 9 heteroatoms. The average Bonchev–Trinajstić information content (AvgIpc) is 3.50. The fourth-order valence-electron chi connectivity index (χ4n) is 5.50. The number of hydrogen-bond acceptors (Lipinski definition) is 5. The van der Waals surface area contributed by atoms with Crippen LogP contribution < -0.4 is 15.4 Å². The molecule has 0 aliphatic rings. The molecule has 1 heterocycles. The highest BCUT2D eigenvalue weighted by Gasteiger charge is 2.29. The summed E-state index contributed by atoms with van der Waals surface area (Å²) in [4.78, 5) is 20.0. The summed E-state index contributed by atoms with van der Waals surface area (Å²) in [6.07, 6.45) is 4.32. The van der Waals surface area contributed by atoms with E-state index in [2.05, 4.69) is 70.8 Å². The maximum absolute atomic E-state index is 13.6. The van der Waals surface area contributed by atoms with Crippen LogP contribution in [0.25, 0.3) is 10.8 Å². The Balaban J connectivity index is 1.35. The van der Waals surface area contributed by atoms with Gasteiger partial charge in [0.05, 0.1) is 42.7 Å². The number of aromatic nitrogens is 2. The summed E-state index contributed by atoms with van der Waals surface area (Å²) in [5.41, 5.74) is 3.76. The van der Waals surface area contributed by atoms with Gasteiger partial charge in [-0.1, -0.05) is 73.7 Å². The number of nitrogens with one attached hydrogen (secondary N) is 2. The Hall–Kier alpha value is -5.20. The van der Waals surface area contributed by atoms with Gasteiger partial charge < -0.3 is 24.8 Å². The first-order valence-electron chi connectivity index (χ1n) is 15.3. The minimum atomic E-state index is -0.591. The van der Waals surface area contributed by atoms with Gasteiger partial charge in [-0.3, -0.25) is 4.79 Å². The van der Waals surface area contributed by atoms with Gasteiger partial charge in [-0.2, -0.15) is 5.26 Å². The predicted octanol–water partition coefficient (Wildman–Crippen LogP) is 6.69. The molecular formula is C37H38N6O2S. The smallest absolute Gasteiger partial charge is 0.226 e. The van der Waals surface area contributed by atoms with Crippen LogP contribution in [0.1, 0.15) is 42.7 Å². The fourth-order valence-corrected chi connectivity index (χ4v) is 5.74. The molecule has 0 fully saturated rings. The number of para-hydroxylation sites is 2. The van der Waals surface area contributed by atoms with Crippen LogP contribution in [-0.2, 0) is 24.3 Å². The van der Waals surface area contributed by atoms with Gasteiger partial charge in [0, 0.05) is 31.5 Å². The molecule has 1 atom stereocenters. The number of hydrogen-bond donors (Lipinski definition) is 2. The van der Waals surface area contributed by atoms with Crippen LogP contribution in [0.4, 0.5) is 5.69 Å². The number of rotatable bonds is 12.